The fourth-order valence-electron chi connectivity index (χ4n) is 2.12. The predicted octanol–water partition coefficient (Wildman–Crippen LogP) is 0.584. The maximum atomic E-state index is 7.38. The van der Waals surface area contributed by atoms with E-state index in [1.807, 2.05) is 6.92 Å². The largest absolute Gasteiger partial charge is 0.387 e. The number of nitrogens with two attached hydrogens (primary N) is 1. The van der Waals surface area contributed by atoms with Crippen molar-refractivity contribution in [3.63, 3.8) is 0 Å². The van der Waals surface area contributed by atoms with Crippen LogP contribution in [0.1, 0.15) is 19.8 Å². The van der Waals surface area contributed by atoms with Crippen LogP contribution in [-0.2, 0) is 0 Å². The van der Waals surface area contributed by atoms with E-state index in [1.165, 1.54) is 25.9 Å². The smallest absolute Gasteiger partial charge is 0.0947 e. The molecule has 4 heteroatoms. The summed E-state index contributed by atoms with van der Waals surface area (Å²) in [6.45, 7) is 5.30. The van der Waals surface area contributed by atoms with Crippen molar-refractivity contribution in [2.75, 3.05) is 33.7 Å². The number of nitrogens with one attached hydrogen (secondary N) is 1. The number of hydrogen-bond acceptors (Lipinski definition) is 3. The quantitative estimate of drug-likeness (QED) is 0.529. The van der Waals surface area contributed by atoms with Crippen LogP contribution < -0.4 is 5.73 Å². The first kappa shape index (κ1) is 12.5. The third-order valence-corrected chi connectivity index (χ3v) is 3.40. The molecule has 1 aliphatic rings. The lowest BCUT2D eigenvalue weighted by atomic mass is 10.0. The first-order valence-corrected chi connectivity index (χ1v) is 5.73. The summed E-state index contributed by atoms with van der Waals surface area (Å²) in [6.07, 6.45) is 2.47. The van der Waals surface area contributed by atoms with Crippen LogP contribution in [0.15, 0.2) is 0 Å². The van der Waals surface area contributed by atoms with Crippen LogP contribution in [0.3, 0.4) is 0 Å². The summed E-state index contributed by atoms with van der Waals surface area (Å²) in [5.74, 6) is 0.476. The van der Waals surface area contributed by atoms with Gasteiger partial charge in [0.1, 0.15) is 0 Å². The molecule has 1 saturated heterocycles. The summed E-state index contributed by atoms with van der Waals surface area (Å²) in [7, 11) is 4.32. The van der Waals surface area contributed by atoms with Crippen molar-refractivity contribution in [3.8, 4) is 0 Å². The lowest BCUT2D eigenvalue weighted by Gasteiger charge is -2.36. The van der Waals surface area contributed by atoms with Crippen molar-refractivity contribution in [2.24, 2.45) is 11.7 Å². The molecule has 0 spiro atoms. The molecule has 1 heterocycles. The molecule has 88 valence electrons. The second-order valence-corrected chi connectivity index (χ2v) is 4.83. The molecule has 0 radical (unpaired) electrons. The van der Waals surface area contributed by atoms with Crippen LogP contribution in [0.4, 0.5) is 0 Å². The molecule has 0 bridgehead atoms. The van der Waals surface area contributed by atoms with Crippen LogP contribution in [0.25, 0.3) is 0 Å². The summed E-state index contributed by atoms with van der Waals surface area (Å²) in [6, 6.07) is 0.669. The molecule has 0 aliphatic carbocycles. The van der Waals surface area contributed by atoms with Crippen molar-refractivity contribution in [1.82, 2.24) is 9.80 Å². The van der Waals surface area contributed by atoms with Gasteiger partial charge in [-0.05, 0) is 40.0 Å². The standard InChI is InChI=1S/C11H24N4/c1-9(11(12)13)8-15(3)10-4-6-14(2)7-5-10/h9-10H,4-8H2,1-3H3,(H3,12,13). The Kier molecular flexibility index (Phi) is 4.54. The molecule has 0 amide bonds. The Morgan fingerprint density at radius 3 is 2.53 bits per heavy atom. The molecule has 0 aromatic rings. The first-order valence-electron chi connectivity index (χ1n) is 5.73. The van der Waals surface area contributed by atoms with Gasteiger partial charge in [0.2, 0.25) is 0 Å². The fraction of sp³-hybridized carbons (Fsp3) is 0.909. The highest BCUT2D eigenvalue weighted by molar-refractivity contribution is 5.79. The zero-order valence-electron chi connectivity index (χ0n) is 10.2. The normalized spacial score (nSPS) is 21.9. The van der Waals surface area contributed by atoms with Gasteiger partial charge in [-0.2, -0.15) is 0 Å². The molecule has 0 saturated carbocycles. The lowest BCUT2D eigenvalue weighted by Crippen LogP contribution is -2.44. The van der Waals surface area contributed by atoms with Crippen molar-refractivity contribution >= 4 is 5.84 Å². The second kappa shape index (κ2) is 5.47. The Balaban J connectivity index is 2.33. The average Bonchev–Trinajstić information content (AvgIpc) is 2.18. The Hall–Kier alpha value is -0.610. The maximum absolute atomic E-state index is 7.38. The zero-order chi connectivity index (χ0) is 11.4. The Bertz CT molecular complexity index is 209. The molecule has 0 aromatic carbocycles. The van der Waals surface area contributed by atoms with Gasteiger partial charge < -0.3 is 15.5 Å². The highest BCUT2D eigenvalue weighted by atomic mass is 15.2. The highest BCUT2D eigenvalue weighted by Gasteiger charge is 2.21. The summed E-state index contributed by atoms with van der Waals surface area (Å²) in [4.78, 5) is 4.73. The van der Waals surface area contributed by atoms with Gasteiger partial charge in [-0.25, -0.2) is 0 Å². The van der Waals surface area contributed by atoms with Crippen LogP contribution in [-0.4, -0.2) is 55.4 Å². The van der Waals surface area contributed by atoms with Crippen LogP contribution >= 0.6 is 0 Å². The average molecular weight is 212 g/mol. The van der Waals surface area contributed by atoms with Crippen molar-refractivity contribution in [3.05, 3.63) is 0 Å². The molecule has 1 aliphatic heterocycles. The van der Waals surface area contributed by atoms with Gasteiger partial charge in [0, 0.05) is 18.5 Å². The molecule has 0 aromatic heterocycles. The van der Waals surface area contributed by atoms with E-state index < -0.39 is 0 Å². The SMILES string of the molecule is CC(CN(C)C1CCN(C)CC1)C(=N)N. The monoisotopic (exact) mass is 212 g/mol. The Morgan fingerprint density at radius 1 is 1.53 bits per heavy atom. The van der Waals surface area contributed by atoms with E-state index in [9.17, 15) is 0 Å². The van der Waals surface area contributed by atoms with Gasteiger partial charge in [-0.15, -0.1) is 0 Å². The summed E-state index contributed by atoms with van der Waals surface area (Å²) < 4.78 is 0. The molecule has 1 fully saturated rings. The minimum atomic E-state index is 0.176. The zero-order valence-corrected chi connectivity index (χ0v) is 10.2. The van der Waals surface area contributed by atoms with E-state index in [-0.39, 0.29) is 5.92 Å². The molecular formula is C11H24N4. The van der Waals surface area contributed by atoms with E-state index in [0.717, 1.165) is 6.54 Å². The molecular weight excluding hydrogens is 188 g/mol. The van der Waals surface area contributed by atoms with Gasteiger partial charge >= 0.3 is 0 Å². The second-order valence-electron chi connectivity index (χ2n) is 4.83. The third kappa shape index (κ3) is 3.80. The third-order valence-electron chi connectivity index (χ3n) is 3.40. The van der Waals surface area contributed by atoms with Crippen molar-refractivity contribution in [1.29, 1.82) is 5.41 Å². The van der Waals surface area contributed by atoms with E-state index in [0.29, 0.717) is 11.9 Å². The summed E-state index contributed by atoms with van der Waals surface area (Å²) in [5, 5.41) is 7.38. The number of likely N-dealkylation sites (tertiary alicyclic amines) is 1. The number of amidine groups is 1. The van der Waals surface area contributed by atoms with E-state index in [4.69, 9.17) is 11.1 Å². The molecule has 1 atom stereocenters. The van der Waals surface area contributed by atoms with Crippen LogP contribution in [0, 0.1) is 11.3 Å². The van der Waals surface area contributed by atoms with Gasteiger partial charge in [0.15, 0.2) is 0 Å². The predicted molar refractivity (Wildman–Crippen MR) is 64.2 cm³/mol. The number of nitrogens with zero attached hydrogens (tertiary/aromatic N) is 2. The molecule has 4 nitrogen and oxygen atoms in total. The van der Waals surface area contributed by atoms with E-state index >= 15 is 0 Å². The Morgan fingerprint density at radius 2 is 2.07 bits per heavy atom. The van der Waals surface area contributed by atoms with Gasteiger partial charge in [-0.3, -0.25) is 5.41 Å². The van der Waals surface area contributed by atoms with Gasteiger partial charge in [0.25, 0.3) is 0 Å². The van der Waals surface area contributed by atoms with Gasteiger partial charge in [-0.1, -0.05) is 6.92 Å². The molecule has 3 N–H and O–H groups in total. The molecule has 15 heavy (non-hydrogen) atoms. The number of rotatable bonds is 4. The summed E-state index contributed by atoms with van der Waals surface area (Å²) in [5.41, 5.74) is 5.48. The topological polar surface area (TPSA) is 56.4 Å². The molecule has 1 rings (SSSR count). The summed E-state index contributed by atoms with van der Waals surface area (Å²) >= 11 is 0. The minimum Gasteiger partial charge on any atom is -0.387 e. The maximum Gasteiger partial charge on any atom is 0.0947 e. The highest BCUT2D eigenvalue weighted by Crippen LogP contribution is 2.15. The van der Waals surface area contributed by atoms with E-state index in [1.54, 1.807) is 0 Å². The number of hydrogen-bond donors (Lipinski definition) is 2. The van der Waals surface area contributed by atoms with E-state index in [2.05, 4.69) is 23.9 Å². The van der Waals surface area contributed by atoms with Crippen LogP contribution in [0.2, 0.25) is 0 Å². The van der Waals surface area contributed by atoms with Gasteiger partial charge in [0.05, 0.1) is 5.84 Å². The lowest BCUT2D eigenvalue weighted by molar-refractivity contribution is 0.139. The van der Waals surface area contributed by atoms with Crippen molar-refractivity contribution in [2.45, 2.75) is 25.8 Å². The van der Waals surface area contributed by atoms with Crippen LogP contribution in [0.5, 0.6) is 0 Å². The Labute approximate surface area is 92.9 Å². The number of piperidine rings is 1. The molecule has 1 unspecified atom stereocenters. The minimum absolute atomic E-state index is 0.176. The fourth-order valence-corrected chi connectivity index (χ4v) is 2.12. The first-order chi connectivity index (χ1) is 7.00. The van der Waals surface area contributed by atoms with Crippen molar-refractivity contribution < 1.29 is 0 Å².